The molecule has 2 aromatic heterocycles. The molecule has 2 unspecified atom stereocenters. The summed E-state index contributed by atoms with van der Waals surface area (Å²) in [7, 11) is 1.31. The summed E-state index contributed by atoms with van der Waals surface area (Å²) in [4.78, 5) is 73.0. The van der Waals surface area contributed by atoms with E-state index in [4.69, 9.17) is 24.2 Å². The molecule has 0 aliphatic carbocycles. The Balaban J connectivity index is 0.967. The largest absolute Gasteiger partial charge is 0.488 e. The van der Waals surface area contributed by atoms with Crippen LogP contribution in [0.2, 0.25) is 0 Å². The van der Waals surface area contributed by atoms with E-state index in [-0.39, 0.29) is 41.9 Å². The van der Waals surface area contributed by atoms with E-state index in [2.05, 4.69) is 50.9 Å². The fourth-order valence-corrected chi connectivity index (χ4v) is 10.3. The van der Waals surface area contributed by atoms with Gasteiger partial charge in [0, 0.05) is 41.7 Å². The molecule has 5 aromatic rings. The molecule has 4 amide bonds. The van der Waals surface area contributed by atoms with Crippen LogP contribution in [-0.2, 0) is 25.7 Å². The number of hydrogen-bond acceptors (Lipinski definition) is 9. The van der Waals surface area contributed by atoms with Gasteiger partial charge in [-0.05, 0) is 105 Å². The van der Waals surface area contributed by atoms with Gasteiger partial charge >= 0.3 is 12.2 Å². The lowest BCUT2D eigenvalue weighted by molar-refractivity contribution is -0.141. The third-order valence-electron chi connectivity index (χ3n) is 14.0. The number of likely N-dealkylation sites (tertiary alicyclic amines) is 2. The first kappa shape index (κ1) is 42.2. The molecule has 4 aliphatic rings. The Morgan fingerprint density at radius 2 is 1.60 bits per heavy atom. The molecule has 3 aromatic carbocycles. The highest BCUT2D eigenvalue weighted by atomic mass is 16.5. The first-order valence-electron chi connectivity index (χ1n) is 22.1. The minimum Gasteiger partial charge on any atom is -0.488 e. The minimum absolute atomic E-state index is 0.0471. The predicted octanol–water partition coefficient (Wildman–Crippen LogP) is 7.60. The second kappa shape index (κ2) is 16.5. The summed E-state index contributed by atoms with van der Waals surface area (Å²) in [5.41, 5.74) is 6.00. The monoisotopic (exact) mass is 860 g/mol. The number of rotatable bonds is 9. The minimum atomic E-state index is -1.22. The van der Waals surface area contributed by atoms with Crippen molar-refractivity contribution in [2.75, 3.05) is 20.3 Å². The first-order valence-corrected chi connectivity index (χ1v) is 22.1. The number of carbonyl (C=O) groups is 4. The summed E-state index contributed by atoms with van der Waals surface area (Å²) in [5.74, 6) is 1.53. The average Bonchev–Trinajstić information content (AvgIpc) is 4.09. The normalized spacial score (nSPS) is 22.7. The number of nitrogens with one attached hydrogen (secondary N) is 4. The number of hydrogen-bond donors (Lipinski definition) is 5. The number of methoxy groups -OCH3 is 1. The Morgan fingerprint density at radius 3 is 2.30 bits per heavy atom. The Labute approximate surface area is 365 Å². The maximum atomic E-state index is 14.5. The second-order valence-corrected chi connectivity index (χ2v) is 18.4. The number of carbonyl (C=O) groups excluding carboxylic acids is 3. The van der Waals surface area contributed by atoms with Crippen LogP contribution >= 0.6 is 0 Å². The van der Waals surface area contributed by atoms with Gasteiger partial charge in [0.2, 0.25) is 11.8 Å². The van der Waals surface area contributed by atoms with Crippen LogP contribution in [0.4, 0.5) is 9.59 Å². The molecule has 16 heteroatoms. The van der Waals surface area contributed by atoms with Crippen LogP contribution in [0, 0.1) is 11.3 Å². The maximum Gasteiger partial charge on any atom is 0.407 e. The highest BCUT2D eigenvalue weighted by Gasteiger charge is 2.48. The van der Waals surface area contributed by atoms with Gasteiger partial charge in [-0.2, -0.15) is 0 Å². The Hall–Kier alpha value is -6.16. The van der Waals surface area contributed by atoms with Crippen LogP contribution in [0.3, 0.4) is 0 Å². The Kier molecular flexibility index (Phi) is 11.1. The van der Waals surface area contributed by atoms with Gasteiger partial charge in [-0.1, -0.05) is 39.0 Å². The molecule has 6 heterocycles. The van der Waals surface area contributed by atoms with Gasteiger partial charge in [-0.25, -0.2) is 19.6 Å². The van der Waals surface area contributed by atoms with Crippen LogP contribution < -0.4 is 15.4 Å². The molecular formula is C47H56N8O8. The highest BCUT2D eigenvalue weighted by Crippen LogP contribution is 2.45. The summed E-state index contributed by atoms with van der Waals surface area (Å²) < 4.78 is 17.0. The van der Waals surface area contributed by atoms with Crippen LogP contribution in [0.5, 0.6) is 5.75 Å². The van der Waals surface area contributed by atoms with Crippen molar-refractivity contribution in [2.24, 2.45) is 11.3 Å². The van der Waals surface area contributed by atoms with Gasteiger partial charge < -0.3 is 49.7 Å². The van der Waals surface area contributed by atoms with E-state index >= 15 is 0 Å². The van der Waals surface area contributed by atoms with Crippen molar-refractivity contribution in [3.63, 3.8) is 0 Å². The van der Waals surface area contributed by atoms with Crippen molar-refractivity contribution in [3.8, 4) is 28.1 Å². The summed E-state index contributed by atoms with van der Waals surface area (Å²) >= 11 is 0. The zero-order valence-corrected chi connectivity index (χ0v) is 36.6. The van der Waals surface area contributed by atoms with Crippen molar-refractivity contribution in [3.05, 3.63) is 65.9 Å². The number of aromatic amines is 2. The molecule has 9 rings (SSSR count). The van der Waals surface area contributed by atoms with Crippen molar-refractivity contribution < 1.29 is 38.5 Å². The van der Waals surface area contributed by atoms with E-state index in [9.17, 15) is 24.3 Å². The van der Waals surface area contributed by atoms with Crippen molar-refractivity contribution in [1.82, 2.24) is 40.4 Å². The van der Waals surface area contributed by atoms with Gasteiger partial charge in [0.1, 0.15) is 36.1 Å². The molecule has 0 radical (unpaired) electrons. The van der Waals surface area contributed by atoms with Crippen molar-refractivity contribution in [1.29, 1.82) is 0 Å². The van der Waals surface area contributed by atoms with E-state index in [1.54, 1.807) is 4.90 Å². The van der Waals surface area contributed by atoms with E-state index < -0.39 is 29.7 Å². The number of aromatic nitrogens is 4. The zero-order valence-electron chi connectivity index (χ0n) is 36.6. The molecule has 5 N–H and O–H groups in total. The standard InChI is InChI=1S/C47H56N8O8/c1-24(2)38(52-45(58)59)43(56)54-25(3)8-14-36(54)42-49-33-12-10-27-20-32-30-11-9-28(19-29(30)23-63-37(32)21-31(27)39(33)51-42)34-22-48-41(50-34)35-13-7-26(4)55(35)44(57)40(53-46(60)61-6)47(5)15-17-62-18-16-47/h9-12,19-22,24-26,35-36,38,40,52H,7-8,13-18,23H2,1-6H3,(H,48,50)(H,49,51)(H,53,60)(H,58,59)/t25-,26-,35-,36-,38?,40?/m0/s1. The Morgan fingerprint density at radius 1 is 0.889 bits per heavy atom. The topological polar surface area (TPSA) is 204 Å². The quantitative estimate of drug-likeness (QED) is 0.0982. The number of alkyl carbamates (subject to hydrolysis) is 1. The molecule has 0 spiro atoms. The van der Waals surface area contributed by atoms with Crippen LogP contribution in [0.25, 0.3) is 44.2 Å². The number of benzene rings is 3. The molecule has 3 saturated heterocycles. The van der Waals surface area contributed by atoms with Crippen LogP contribution in [0.15, 0.2) is 48.7 Å². The third kappa shape index (κ3) is 7.61. The van der Waals surface area contributed by atoms with E-state index in [0.717, 1.165) is 74.8 Å². The summed E-state index contributed by atoms with van der Waals surface area (Å²) in [6.07, 6.45) is 4.29. The maximum absolute atomic E-state index is 14.5. The van der Waals surface area contributed by atoms with Crippen LogP contribution in [-0.4, -0.2) is 103 Å². The lowest BCUT2D eigenvalue weighted by Gasteiger charge is -2.42. The van der Waals surface area contributed by atoms with Gasteiger partial charge in [-0.3, -0.25) is 9.59 Å². The number of amides is 4. The molecule has 4 aliphatic heterocycles. The molecule has 3 fully saturated rings. The molecule has 332 valence electrons. The number of imidazole rings is 2. The van der Waals surface area contributed by atoms with E-state index in [1.165, 1.54) is 7.11 Å². The third-order valence-corrected chi connectivity index (χ3v) is 14.0. The number of ether oxygens (including phenoxy) is 3. The molecule has 63 heavy (non-hydrogen) atoms. The second-order valence-electron chi connectivity index (χ2n) is 18.4. The lowest BCUT2D eigenvalue weighted by Crippen LogP contribution is -2.58. The molecule has 0 saturated carbocycles. The smallest absolute Gasteiger partial charge is 0.407 e. The number of nitrogens with zero attached hydrogens (tertiary/aromatic N) is 4. The molecular weight excluding hydrogens is 805 g/mol. The lowest BCUT2D eigenvalue weighted by atomic mass is 9.75. The average molecular weight is 861 g/mol. The van der Waals surface area contributed by atoms with Crippen LogP contribution in [0.1, 0.15) is 102 Å². The van der Waals surface area contributed by atoms with Gasteiger partial charge in [0.15, 0.2) is 0 Å². The predicted molar refractivity (Wildman–Crippen MR) is 235 cm³/mol. The molecule has 0 bridgehead atoms. The SMILES string of the molecule is COC(=O)NC(C(=O)N1[C@@H](C)CC[C@H]1c1ncc(-c2ccc3c(c2)COc2cc4c(ccc5[nH]c([C@@H]6CC[C@H](C)N6C(=O)C(NC(=O)O)C(C)C)nc54)cc2-3)[nH]1)C1(C)CCOCC1. The zero-order chi connectivity index (χ0) is 44.3. The summed E-state index contributed by atoms with van der Waals surface area (Å²) in [5, 5.41) is 16.7. The van der Waals surface area contributed by atoms with E-state index in [0.29, 0.717) is 50.7 Å². The Bertz CT molecular complexity index is 2600. The summed E-state index contributed by atoms with van der Waals surface area (Å²) in [6, 6.07) is 12.2. The molecule has 16 nitrogen and oxygen atoms in total. The number of carboxylic acid groups (broad SMARTS) is 1. The summed E-state index contributed by atoms with van der Waals surface area (Å²) in [6.45, 7) is 11.2. The first-order chi connectivity index (χ1) is 30.2. The highest BCUT2D eigenvalue weighted by molar-refractivity contribution is 6.07. The van der Waals surface area contributed by atoms with Gasteiger partial charge in [0.05, 0.1) is 42.1 Å². The fraction of sp³-hybridized carbons (Fsp3) is 0.489. The molecule has 6 atom stereocenters. The number of fused-ring (bicyclic) bond motifs is 6. The van der Waals surface area contributed by atoms with Gasteiger partial charge in [-0.15, -0.1) is 0 Å². The van der Waals surface area contributed by atoms with Gasteiger partial charge in [0.25, 0.3) is 0 Å². The fourth-order valence-electron chi connectivity index (χ4n) is 10.3. The van der Waals surface area contributed by atoms with Crippen molar-refractivity contribution in [2.45, 2.75) is 116 Å². The number of H-pyrrole nitrogens is 2. The van der Waals surface area contributed by atoms with Crippen molar-refractivity contribution >= 4 is 45.8 Å². The van der Waals surface area contributed by atoms with E-state index in [1.807, 2.05) is 57.8 Å².